The highest BCUT2D eigenvalue weighted by atomic mass is 16.7. The fourth-order valence-corrected chi connectivity index (χ4v) is 3.48. The SMILES string of the molecule is COc1cc(OC)c(O[C@H]2O[C@H](CO[C@H]3OC[C@@](O)(CO)[C@@H]3O)[C@@H](O)[C@H](O)[C@H]2O)c(OC)c1. The zero-order valence-corrected chi connectivity index (χ0v) is 18.4. The van der Waals surface area contributed by atoms with Crippen molar-refractivity contribution in [2.24, 2.45) is 0 Å². The molecule has 2 heterocycles. The van der Waals surface area contributed by atoms with Gasteiger partial charge in [-0.1, -0.05) is 0 Å². The molecule has 3 rings (SSSR count). The molecule has 188 valence electrons. The Morgan fingerprint density at radius 1 is 0.939 bits per heavy atom. The second-order valence-corrected chi connectivity index (χ2v) is 7.71. The number of benzene rings is 1. The summed E-state index contributed by atoms with van der Waals surface area (Å²) in [6, 6.07) is 3.03. The first-order chi connectivity index (χ1) is 15.7. The van der Waals surface area contributed by atoms with E-state index in [2.05, 4.69) is 0 Å². The van der Waals surface area contributed by atoms with Crippen molar-refractivity contribution in [3.8, 4) is 23.0 Å². The second kappa shape index (κ2) is 10.5. The maximum Gasteiger partial charge on any atom is 0.229 e. The third-order valence-corrected chi connectivity index (χ3v) is 5.58. The molecule has 0 spiro atoms. The third kappa shape index (κ3) is 5.11. The molecule has 8 atom stereocenters. The van der Waals surface area contributed by atoms with E-state index in [1.807, 2.05) is 0 Å². The number of ether oxygens (including phenoxy) is 7. The number of aliphatic hydroxyl groups excluding tert-OH is 5. The van der Waals surface area contributed by atoms with Crippen molar-refractivity contribution in [2.45, 2.75) is 48.7 Å². The van der Waals surface area contributed by atoms with E-state index < -0.39 is 61.9 Å². The monoisotopic (exact) mass is 478 g/mol. The van der Waals surface area contributed by atoms with E-state index >= 15 is 0 Å². The van der Waals surface area contributed by atoms with E-state index in [1.54, 1.807) is 0 Å². The largest absolute Gasteiger partial charge is 0.496 e. The van der Waals surface area contributed by atoms with Crippen LogP contribution in [0.5, 0.6) is 23.0 Å². The molecule has 13 heteroatoms. The highest BCUT2D eigenvalue weighted by molar-refractivity contribution is 5.56. The van der Waals surface area contributed by atoms with Crippen LogP contribution in [0.25, 0.3) is 0 Å². The van der Waals surface area contributed by atoms with Gasteiger partial charge in [0.25, 0.3) is 0 Å². The molecule has 2 saturated heterocycles. The van der Waals surface area contributed by atoms with Crippen molar-refractivity contribution in [1.29, 1.82) is 0 Å². The van der Waals surface area contributed by atoms with Gasteiger partial charge in [-0.25, -0.2) is 0 Å². The first kappa shape index (κ1) is 25.7. The zero-order chi connectivity index (χ0) is 24.3. The average Bonchev–Trinajstić information content (AvgIpc) is 3.12. The molecule has 1 aromatic rings. The Hall–Kier alpha value is -1.94. The summed E-state index contributed by atoms with van der Waals surface area (Å²) in [4.78, 5) is 0. The van der Waals surface area contributed by atoms with Crippen LogP contribution < -0.4 is 18.9 Å². The van der Waals surface area contributed by atoms with Crippen molar-refractivity contribution in [3.05, 3.63) is 12.1 Å². The third-order valence-electron chi connectivity index (χ3n) is 5.58. The number of hydrogen-bond donors (Lipinski definition) is 6. The quantitative estimate of drug-likeness (QED) is 0.216. The molecule has 2 fully saturated rings. The lowest BCUT2D eigenvalue weighted by molar-refractivity contribution is -0.289. The number of methoxy groups -OCH3 is 3. The van der Waals surface area contributed by atoms with Crippen LogP contribution >= 0.6 is 0 Å². The maximum atomic E-state index is 10.4. The van der Waals surface area contributed by atoms with E-state index in [9.17, 15) is 30.6 Å². The van der Waals surface area contributed by atoms with Crippen molar-refractivity contribution < 1.29 is 63.8 Å². The Bertz CT molecular complexity index is 766. The van der Waals surface area contributed by atoms with Gasteiger partial charge in [0.05, 0.1) is 41.2 Å². The van der Waals surface area contributed by atoms with Gasteiger partial charge < -0.3 is 63.8 Å². The Labute approximate surface area is 189 Å². The highest BCUT2D eigenvalue weighted by Crippen LogP contribution is 2.42. The van der Waals surface area contributed by atoms with Gasteiger partial charge >= 0.3 is 0 Å². The van der Waals surface area contributed by atoms with Gasteiger partial charge in [0.2, 0.25) is 12.0 Å². The van der Waals surface area contributed by atoms with Gasteiger partial charge in [-0.3, -0.25) is 0 Å². The summed E-state index contributed by atoms with van der Waals surface area (Å²) < 4.78 is 37.6. The number of hydrogen-bond acceptors (Lipinski definition) is 13. The van der Waals surface area contributed by atoms with E-state index in [1.165, 1.54) is 33.5 Å². The minimum absolute atomic E-state index is 0.0515. The lowest BCUT2D eigenvalue weighted by Crippen LogP contribution is -2.60. The zero-order valence-electron chi connectivity index (χ0n) is 18.4. The molecule has 0 radical (unpaired) electrons. The molecular weight excluding hydrogens is 448 g/mol. The van der Waals surface area contributed by atoms with E-state index in [-0.39, 0.29) is 23.9 Å². The van der Waals surface area contributed by atoms with Crippen LogP contribution in [0.2, 0.25) is 0 Å². The van der Waals surface area contributed by atoms with Crippen molar-refractivity contribution in [1.82, 2.24) is 0 Å². The Morgan fingerprint density at radius 2 is 1.58 bits per heavy atom. The van der Waals surface area contributed by atoms with Crippen LogP contribution in [0.3, 0.4) is 0 Å². The molecule has 2 aliphatic heterocycles. The summed E-state index contributed by atoms with van der Waals surface area (Å²) >= 11 is 0. The van der Waals surface area contributed by atoms with Crippen molar-refractivity contribution in [3.63, 3.8) is 0 Å². The fraction of sp³-hybridized carbons (Fsp3) is 0.700. The molecule has 33 heavy (non-hydrogen) atoms. The topological polar surface area (TPSA) is 186 Å². The van der Waals surface area contributed by atoms with Crippen LogP contribution in [-0.2, 0) is 14.2 Å². The smallest absolute Gasteiger partial charge is 0.229 e. The maximum absolute atomic E-state index is 10.4. The molecule has 13 nitrogen and oxygen atoms in total. The number of rotatable bonds is 9. The first-order valence-corrected chi connectivity index (χ1v) is 10.1. The van der Waals surface area contributed by atoms with E-state index in [4.69, 9.17) is 33.2 Å². The van der Waals surface area contributed by atoms with Crippen molar-refractivity contribution in [2.75, 3.05) is 41.2 Å². The lowest BCUT2D eigenvalue weighted by atomic mass is 9.99. The Balaban J connectivity index is 1.74. The highest BCUT2D eigenvalue weighted by Gasteiger charge is 2.50. The van der Waals surface area contributed by atoms with Crippen LogP contribution in [0, 0.1) is 0 Å². The van der Waals surface area contributed by atoms with Gasteiger partial charge in [0.15, 0.2) is 17.8 Å². The predicted octanol–water partition coefficient (Wildman–Crippen LogP) is -2.64. The molecule has 0 aliphatic carbocycles. The Morgan fingerprint density at radius 3 is 2.09 bits per heavy atom. The molecule has 0 unspecified atom stereocenters. The van der Waals surface area contributed by atoms with Gasteiger partial charge in [-0.05, 0) is 0 Å². The molecule has 0 bridgehead atoms. The summed E-state index contributed by atoms with van der Waals surface area (Å²) in [6.07, 6.45) is -10.5. The number of aliphatic hydroxyl groups is 6. The molecule has 0 amide bonds. The summed E-state index contributed by atoms with van der Waals surface area (Å²) in [6.45, 7) is -1.53. The fourth-order valence-electron chi connectivity index (χ4n) is 3.48. The van der Waals surface area contributed by atoms with Crippen LogP contribution in [0.4, 0.5) is 0 Å². The van der Waals surface area contributed by atoms with E-state index in [0.29, 0.717) is 5.75 Å². The molecule has 1 aromatic carbocycles. The van der Waals surface area contributed by atoms with Gasteiger partial charge in [0.1, 0.15) is 41.9 Å². The normalized spacial score (nSPS) is 36.5. The second-order valence-electron chi connectivity index (χ2n) is 7.71. The molecular formula is C20H30O13. The van der Waals surface area contributed by atoms with Crippen LogP contribution in [0.15, 0.2) is 12.1 Å². The van der Waals surface area contributed by atoms with Gasteiger partial charge in [0, 0.05) is 12.1 Å². The molecule has 2 aliphatic rings. The molecule has 0 saturated carbocycles. The molecule has 0 aromatic heterocycles. The van der Waals surface area contributed by atoms with Crippen LogP contribution in [-0.4, -0.2) is 120 Å². The Kier molecular flexibility index (Phi) is 8.21. The summed E-state index contributed by atoms with van der Waals surface area (Å²) in [5.74, 6) is 0.860. The summed E-state index contributed by atoms with van der Waals surface area (Å²) in [5.41, 5.74) is -1.89. The first-order valence-electron chi connectivity index (χ1n) is 10.1. The minimum Gasteiger partial charge on any atom is -0.496 e. The minimum atomic E-state index is -1.89. The molecule has 6 N–H and O–H groups in total. The van der Waals surface area contributed by atoms with Gasteiger partial charge in [-0.15, -0.1) is 0 Å². The van der Waals surface area contributed by atoms with E-state index in [0.717, 1.165) is 0 Å². The summed E-state index contributed by atoms with van der Waals surface area (Å²) in [5, 5.41) is 60.4. The van der Waals surface area contributed by atoms with Crippen molar-refractivity contribution >= 4 is 0 Å². The predicted molar refractivity (Wildman–Crippen MR) is 107 cm³/mol. The average molecular weight is 478 g/mol. The lowest BCUT2D eigenvalue weighted by Gasteiger charge is -2.40. The van der Waals surface area contributed by atoms with Crippen LogP contribution in [0.1, 0.15) is 0 Å². The van der Waals surface area contributed by atoms with Gasteiger partial charge in [-0.2, -0.15) is 0 Å². The standard InChI is InChI=1S/C20H30O13/c1-27-9-4-10(28-2)16(11(5-9)29-3)33-18-15(24)14(23)13(22)12(32-18)6-30-19-17(25)20(26,7-21)8-31-19/h4-5,12-15,17-19,21-26H,6-8H2,1-3H3/t12-,13-,14+,15-,17-,18-,19+,20+/m1/s1. The summed E-state index contributed by atoms with van der Waals surface area (Å²) in [7, 11) is 4.22.